The van der Waals surface area contributed by atoms with Crippen LogP contribution in [0.25, 0.3) is 264 Å². The highest BCUT2D eigenvalue weighted by Gasteiger charge is 2.21. The van der Waals surface area contributed by atoms with Gasteiger partial charge in [-0.1, -0.05) is 328 Å². The Morgan fingerprint density at radius 3 is 0.826 bits per heavy atom. The van der Waals surface area contributed by atoms with Gasteiger partial charge in [-0.3, -0.25) is 19.9 Å². The van der Waals surface area contributed by atoms with Crippen LogP contribution in [0.15, 0.2) is 504 Å². The molecule has 27 aromatic rings. The van der Waals surface area contributed by atoms with E-state index in [9.17, 15) is 0 Å². The molecule has 0 fully saturated rings. The van der Waals surface area contributed by atoms with Crippen LogP contribution in [0, 0.1) is 0 Å². The van der Waals surface area contributed by atoms with Crippen molar-refractivity contribution in [2.45, 2.75) is 0 Å². The average molecular weight is 1760 g/mol. The molecular formula is C131H83N7. The highest BCUT2D eigenvalue weighted by atomic mass is 14.7. The zero-order valence-electron chi connectivity index (χ0n) is 75.1. The second-order valence-corrected chi connectivity index (χ2v) is 35.4. The van der Waals surface area contributed by atoms with Gasteiger partial charge < -0.3 is 0 Å². The fraction of sp³-hybridized carbons (Fsp3) is 0. The van der Waals surface area contributed by atoms with Crippen LogP contribution in [-0.4, -0.2) is 34.9 Å². The quantitative estimate of drug-likeness (QED) is 0.113. The molecule has 0 bridgehead atoms. The van der Waals surface area contributed by atoms with Crippen LogP contribution in [0.2, 0.25) is 0 Å². The molecule has 7 heterocycles. The second-order valence-electron chi connectivity index (χ2n) is 35.4. The van der Waals surface area contributed by atoms with Gasteiger partial charge in [0.2, 0.25) is 0 Å². The molecule has 0 atom stereocenters. The minimum Gasteiger partial charge on any atom is -0.265 e. The molecule has 7 nitrogen and oxygen atoms in total. The van der Waals surface area contributed by atoms with E-state index in [-0.39, 0.29) is 0 Å². The highest BCUT2D eigenvalue weighted by Crippen LogP contribution is 2.46. The Hall–Kier alpha value is -18.4. The summed E-state index contributed by atoms with van der Waals surface area (Å²) in [7, 11) is 0. The van der Waals surface area contributed by atoms with Crippen LogP contribution >= 0.6 is 0 Å². The largest absolute Gasteiger partial charge is 0.265 e. The predicted octanol–water partition coefficient (Wildman–Crippen LogP) is 34.7. The lowest BCUT2D eigenvalue weighted by atomic mass is 9.91. The molecule has 7 aromatic heterocycles. The van der Waals surface area contributed by atoms with Gasteiger partial charge in [0.25, 0.3) is 0 Å². The summed E-state index contributed by atoms with van der Waals surface area (Å²) in [5, 5.41) is 25.7. The van der Waals surface area contributed by atoms with Gasteiger partial charge in [0.05, 0.1) is 45.0 Å². The fourth-order valence-electron chi connectivity index (χ4n) is 20.3. The molecule has 0 saturated carbocycles. The lowest BCUT2D eigenvalue weighted by Crippen LogP contribution is -1.93. The van der Waals surface area contributed by atoms with Crippen LogP contribution in [0.4, 0.5) is 0 Å². The molecule has 7 heteroatoms. The summed E-state index contributed by atoms with van der Waals surface area (Å²) in [4.78, 5) is 33.6. The number of benzene rings is 20. The van der Waals surface area contributed by atoms with E-state index in [1.54, 1.807) is 12.4 Å². The van der Waals surface area contributed by atoms with Crippen molar-refractivity contribution in [3.63, 3.8) is 0 Å². The standard InChI is InChI=1S/2C44H28N2.C43H27N3/c1-2-11-30-24-35(20-19-29(30)10-1)44-28-40(31-13-9-14-34(25-31)42-18-7-8-23-45-42)41-27-33(21-22-43(41)46-44)39-26-32-12-3-4-15-36(32)37-16-5-6-17-38(37)39;1-2-8-33-25-36(18-15-29(33)7-1)44-28-41(32-16-13-30(14-17-32)31-21-23-45-24-22-31)42-27-35(19-20-43(42)46-44)40-26-34-9-3-4-10-37(34)38-11-5-6-12-39(38)40;1-2-8-30-23-33(14-13-28(30)7-1)43-26-39(34-16-17-41(45-27-34)29-19-21-44-22-20-29)40-25-32(15-18-42(40)46-43)38-24-31-9-3-4-10-35(31)36-11-5-6-12-37(36)38/h2*1-28H;1-27H. The lowest BCUT2D eigenvalue weighted by molar-refractivity contribution is 1.29. The Balaban J connectivity index is 0.000000110. The molecule has 642 valence electrons. The molecule has 0 radical (unpaired) electrons. The molecule has 0 unspecified atom stereocenters. The monoisotopic (exact) mass is 1750 g/mol. The van der Waals surface area contributed by atoms with Crippen LogP contribution in [0.5, 0.6) is 0 Å². The van der Waals surface area contributed by atoms with Gasteiger partial charge in [0, 0.05) is 86.7 Å². The predicted molar refractivity (Wildman–Crippen MR) is 579 cm³/mol. The zero-order chi connectivity index (χ0) is 91.4. The molecular weight excluding hydrogens is 1670 g/mol. The Labute approximate surface area is 797 Å². The van der Waals surface area contributed by atoms with Gasteiger partial charge >= 0.3 is 0 Å². The number of pyridine rings is 7. The fourth-order valence-corrected chi connectivity index (χ4v) is 20.3. The first-order chi connectivity index (χ1) is 68.3. The van der Waals surface area contributed by atoms with Crippen molar-refractivity contribution in [1.29, 1.82) is 0 Å². The molecule has 0 saturated heterocycles. The van der Waals surface area contributed by atoms with Crippen molar-refractivity contribution in [2.24, 2.45) is 0 Å². The summed E-state index contributed by atoms with van der Waals surface area (Å²) in [6, 6.07) is 167. The molecule has 0 amide bonds. The van der Waals surface area contributed by atoms with Gasteiger partial charge in [0.15, 0.2) is 0 Å². The maximum Gasteiger partial charge on any atom is 0.0716 e. The Kier molecular flexibility index (Phi) is 20.8. The van der Waals surface area contributed by atoms with Gasteiger partial charge in [-0.05, 0) is 309 Å². The third-order valence-corrected chi connectivity index (χ3v) is 27.2. The lowest BCUT2D eigenvalue weighted by Gasteiger charge is -2.15. The zero-order valence-corrected chi connectivity index (χ0v) is 75.1. The number of aromatic nitrogens is 7. The number of hydrogen-bond donors (Lipinski definition) is 0. The Bertz CT molecular complexity index is 9090. The molecule has 138 heavy (non-hydrogen) atoms. The SMILES string of the molecule is c1ccc(-c2cccc(-c3cc(-c4ccc5ccccc5c4)nc4ccc(-c5cc6ccccc6c6ccccc56)cc34)c2)nc1.c1ccc2cc(-c3cc(-c4ccc(-c5ccncc5)cc4)c4cc(-c5cc6ccccc6c6ccccc56)ccc4n3)ccc2c1.c1ccc2cc(-c3cc(-c4ccc(-c5ccncc5)nc4)c4cc(-c5cc6ccccc6c6ccccc56)ccc4n3)ccc2c1. The van der Waals surface area contributed by atoms with Crippen molar-refractivity contribution in [3.05, 3.63) is 504 Å². The number of rotatable bonds is 12. The smallest absolute Gasteiger partial charge is 0.0716 e. The van der Waals surface area contributed by atoms with E-state index in [0.717, 1.165) is 128 Å². The van der Waals surface area contributed by atoms with Crippen molar-refractivity contribution in [1.82, 2.24) is 34.9 Å². The van der Waals surface area contributed by atoms with Crippen molar-refractivity contribution in [3.8, 4) is 134 Å². The minimum atomic E-state index is 0.919. The first-order valence-corrected chi connectivity index (χ1v) is 46.8. The molecule has 0 spiro atoms. The molecule has 0 aliphatic heterocycles. The third kappa shape index (κ3) is 15.5. The van der Waals surface area contributed by atoms with Crippen LogP contribution in [0.1, 0.15) is 0 Å². The minimum absolute atomic E-state index is 0.919. The van der Waals surface area contributed by atoms with E-state index in [4.69, 9.17) is 19.9 Å². The highest BCUT2D eigenvalue weighted by molar-refractivity contribution is 6.18. The Morgan fingerprint density at radius 2 is 0.420 bits per heavy atom. The van der Waals surface area contributed by atoms with Crippen molar-refractivity contribution >= 4 is 130 Å². The molecule has 20 aromatic carbocycles. The normalized spacial score (nSPS) is 11.5. The first-order valence-electron chi connectivity index (χ1n) is 46.8. The van der Waals surface area contributed by atoms with Crippen LogP contribution in [-0.2, 0) is 0 Å². The number of hydrogen-bond acceptors (Lipinski definition) is 7. The van der Waals surface area contributed by atoms with Crippen molar-refractivity contribution in [2.75, 3.05) is 0 Å². The van der Waals surface area contributed by atoms with Gasteiger partial charge in [-0.15, -0.1) is 0 Å². The summed E-state index contributed by atoms with van der Waals surface area (Å²) in [6.45, 7) is 0. The van der Waals surface area contributed by atoms with E-state index < -0.39 is 0 Å². The first kappa shape index (κ1) is 81.6. The van der Waals surface area contributed by atoms with Gasteiger partial charge in [-0.25, -0.2) is 15.0 Å². The van der Waals surface area contributed by atoms with Gasteiger partial charge in [0.1, 0.15) is 0 Å². The van der Waals surface area contributed by atoms with Crippen LogP contribution in [0.3, 0.4) is 0 Å². The summed E-state index contributed by atoms with van der Waals surface area (Å²) >= 11 is 0. The van der Waals surface area contributed by atoms with E-state index in [1.165, 1.54) is 136 Å². The summed E-state index contributed by atoms with van der Waals surface area (Å²) in [6.07, 6.45) is 11.1. The maximum atomic E-state index is 5.25. The molecule has 27 rings (SSSR count). The molecule has 0 N–H and O–H groups in total. The average Bonchev–Trinajstić information content (AvgIpc) is 0.754. The summed E-state index contributed by atoms with van der Waals surface area (Å²) in [5.41, 5.74) is 29.4. The maximum absolute atomic E-state index is 5.25. The van der Waals surface area contributed by atoms with E-state index in [0.29, 0.717) is 0 Å². The second kappa shape index (κ2) is 35.3. The molecule has 0 aliphatic rings. The third-order valence-electron chi connectivity index (χ3n) is 27.2. The summed E-state index contributed by atoms with van der Waals surface area (Å²) in [5.74, 6) is 0. The number of nitrogens with zero attached hydrogens (tertiary/aromatic N) is 7. The van der Waals surface area contributed by atoms with E-state index in [2.05, 4.69) is 458 Å². The van der Waals surface area contributed by atoms with Crippen LogP contribution < -0.4 is 0 Å². The van der Waals surface area contributed by atoms with Crippen molar-refractivity contribution < 1.29 is 0 Å². The molecule has 0 aliphatic carbocycles. The van der Waals surface area contributed by atoms with E-state index >= 15 is 0 Å². The topological polar surface area (TPSA) is 90.2 Å². The Morgan fingerprint density at radius 1 is 0.123 bits per heavy atom. The van der Waals surface area contributed by atoms with Gasteiger partial charge in [-0.2, -0.15) is 0 Å². The van der Waals surface area contributed by atoms with E-state index in [1.807, 2.05) is 49.1 Å². The summed E-state index contributed by atoms with van der Waals surface area (Å²) < 4.78 is 0. The number of fused-ring (bicyclic) bond motifs is 15.